The second kappa shape index (κ2) is 4.82. The summed E-state index contributed by atoms with van der Waals surface area (Å²) in [5.74, 6) is -0.269. The van der Waals surface area contributed by atoms with Gasteiger partial charge in [0.05, 0.1) is 12.6 Å². The lowest BCUT2D eigenvalue weighted by molar-refractivity contribution is -0.134. The van der Waals surface area contributed by atoms with E-state index in [4.69, 9.17) is 0 Å². The summed E-state index contributed by atoms with van der Waals surface area (Å²) in [6.07, 6.45) is 0.209. The van der Waals surface area contributed by atoms with Gasteiger partial charge in [-0.25, -0.2) is 0 Å². The monoisotopic (exact) mass is 228 g/mol. The van der Waals surface area contributed by atoms with Crippen LogP contribution in [0.25, 0.3) is 0 Å². The summed E-state index contributed by atoms with van der Waals surface area (Å²) in [5, 5.41) is 11.9. The van der Waals surface area contributed by atoms with Gasteiger partial charge in [0.25, 0.3) is 0 Å². The molecular weight excluding hydrogens is 208 g/mol. The third-order valence-corrected chi connectivity index (χ3v) is 2.60. The molecule has 1 aliphatic rings. The maximum atomic E-state index is 11.6. The first-order chi connectivity index (χ1) is 7.30. The van der Waals surface area contributed by atoms with Crippen molar-refractivity contribution in [1.82, 2.24) is 10.2 Å². The fourth-order valence-corrected chi connectivity index (χ4v) is 1.50. The van der Waals surface area contributed by atoms with E-state index in [1.165, 1.54) is 0 Å². The largest absolute Gasteiger partial charge is 0.391 e. The number of hydrogen-bond donors (Lipinski definition) is 2. The molecule has 1 saturated heterocycles. The van der Waals surface area contributed by atoms with Crippen molar-refractivity contribution < 1.29 is 14.7 Å². The van der Waals surface area contributed by atoms with Gasteiger partial charge < -0.3 is 15.3 Å². The van der Waals surface area contributed by atoms with Gasteiger partial charge in [-0.05, 0) is 6.42 Å². The minimum Gasteiger partial charge on any atom is -0.391 e. The highest BCUT2D eigenvalue weighted by Gasteiger charge is 2.26. The van der Waals surface area contributed by atoms with Crippen LogP contribution in [0.15, 0.2) is 0 Å². The Morgan fingerprint density at radius 2 is 2.06 bits per heavy atom. The van der Waals surface area contributed by atoms with Gasteiger partial charge in [-0.2, -0.15) is 0 Å². The fraction of sp³-hybridized carbons (Fsp3) is 0.818. The van der Waals surface area contributed by atoms with Gasteiger partial charge in [0, 0.05) is 18.5 Å². The van der Waals surface area contributed by atoms with Gasteiger partial charge in [-0.1, -0.05) is 20.8 Å². The third kappa shape index (κ3) is 3.48. The second-order valence-corrected chi connectivity index (χ2v) is 5.21. The molecule has 2 N–H and O–H groups in total. The highest BCUT2D eigenvalue weighted by atomic mass is 16.3. The van der Waals surface area contributed by atoms with E-state index >= 15 is 0 Å². The lowest BCUT2D eigenvalue weighted by Gasteiger charge is -2.20. The van der Waals surface area contributed by atoms with Crippen molar-refractivity contribution in [1.29, 1.82) is 0 Å². The van der Waals surface area contributed by atoms with E-state index in [2.05, 4.69) is 5.32 Å². The predicted molar refractivity (Wildman–Crippen MR) is 59.7 cm³/mol. The zero-order valence-electron chi connectivity index (χ0n) is 10.1. The molecule has 1 rings (SSSR count). The molecule has 5 nitrogen and oxygen atoms in total. The van der Waals surface area contributed by atoms with Gasteiger partial charge in [0.1, 0.15) is 0 Å². The predicted octanol–water partition coefficient (Wildman–Crippen LogP) is -0.258. The number of carbonyl (C=O) groups excluding carboxylic acids is 2. The van der Waals surface area contributed by atoms with Gasteiger partial charge in [-0.3, -0.25) is 9.59 Å². The number of rotatable bonds is 2. The Kier molecular flexibility index (Phi) is 3.91. The number of amides is 2. The smallest absolute Gasteiger partial charge is 0.242 e. The summed E-state index contributed by atoms with van der Waals surface area (Å²) < 4.78 is 0. The molecule has 0 aromatic rings. The van der Waals surface area contributed by atoms with Gasteiger partial charge >= 0.3 is 0 Å². The number of aliphatic hydroxyl groups is 1. The van der Waals surface area contributed by atoms with Crippen molar-refractivity contribution in [2.75, 3.05) is 19.6 Å². The molecule has 0 radical (unpaired) electrons. The Labute approximate surface area is 95.8 Å². The van der Waals surface area contributed by atoms with Crippen molar-refractivity contribution in [3.05, 3.63) is 0 Å². The molecule has 1 heterocycles. The molecule has 16 heavy (non-hydrogen) atoms. The Hall–Kier alpha value is -1.10. The summed E-state index contributed by atoms with van der Waals surface area (Å²) in [6, 6.07) is 0. The van der Waals surface area contributed by atoms with Crippen LogP contribution in [0, 0.1) is 5.41 Å². The van der Waals surface area contributed by atoms with Crippen molar-refractivity contribution >= 4 is 11.8 Å². The van der Waals surface area contributed by atoms with Crippen molar-refractivity contribution in [2.24, 2.45) is 5.41 Å². The maximum absolute atomic E-state index is 11.6. The van der Waals surface area contributed by atoms with E-state index in [-0.39, 0.29) is 18.4 Å². The molecule has 5 heteroatoms. The molecule has 0 aromatic carbocycles. The molecule has 0 bridgehead atoms. The lowest BCUT2D eigenvalue weighted by Crippen LogP contribution is -2.43. The molecule has 1 aliphatic heterocycles. The number of nitrogens with zero attached hydrogens (tertiary/aromatic N) is 1. The highest BCUT2D eigenvalue weighted by Crippen LogP contribution is 2.12. The number of likely N-dealkylation sites (tertiary alicyclic amines) is 1. The summed E-state index contributed by atoms with van der Waals surface area (Å²) in [6.45, 7) is 6.36. The Morgan fingerprint density at radius 3 is 2.50 bits per heavy atom. The van der Waals surface area contributed by atoms with Crippen LogP contribution in [0.4, 0.5) is 0 Å². The molecule has 0 saturated carbocycles. The number of aliphatic hydroxyl groups excluding tert-OH is 1. The Bertz CT molecular complexity index is 283. The molecule has 0 spiro atoms. The zero-order chi connectivity index (χ0) is 12.3. The molecule has 2 amide bonds. The summed E-state index contributed by atoms with van der Waals surface area (Å²) >= 11 is 0. The van der Waals surface area contributed by atoms with Crippen LogP contribution in [0.1, 0.15) is 27.2 Å². The zero-order valence-corrected chi connectivity index (χ0v) is 10.1. The average Bonchev–Trinajstić information content (AvgIpc) is 2.59. The van der Waals surface area contributed by atoms with E-state index in [9.17, 15) is 14.7 Å². The number of nitrogens with one attached hydrogen (secondary N) is 1. The summed E-state index contributed by atoms with van der Waals surface area (Å²) in [7, 11) is 0. The lowest BCUT2D eigenvalue weighted by atomic mass is 9.96. The highest BCUT2D eigenvalue weighted by molar-refractivity contribution is 5.87. The van der Waals surface area contributed by atoms with Crippen molar-refractivity contribution in [3.8, 4) is 0 Å². The minimum absolute atomic E-state index is 0.0167. The van der Waals surface area contributed by atoms with Gasteiger partial charge in [0.2, 0.25) is 11.8 Å². The number of β-amino-alcohol motifs (C(OH)–C–C–N with tert-alkyl or cyclic N) is 1. The molecular formula is C11H20N2O3. The van der Waals surface area contributed by atoms with Crippen LogP contribution in [-0.4, -0.2) is 47.6 Å². The fourth-order valence-electron chi connectivity index (χ4n) is 1.50. The standard InChI is InChI=1S/C11H20N2O3/c1-11(2,3)10(16)12-6-9(15)13-5-4-8(14)7-13/h8,14H,4-7H2,1-3H3,(H,12,16)/t8-/m1/s1. The van der Waals surface area contributed by atoms with Gasteiger partial charge in [-0.15, -0.1) is 0 Å². The van der Waals surface area contributed by atoms with E-state index in [0.717, 1.165) is 0 Å². The number of carbonyl (C=O) groups is 2. The van der Waals surface area contributed by atoms with E-state index in [0.29, 0.717) is 19.5 Å². The molecule has 0 unspecified atom stereocenters. The topological polar surface area (TPSA) is 69.6 Å². The molecule has 0 aromatic heterocycles. The first kappa shape index (κ1) is 13.0. The van der Waals surface area contributed by atoms with Crippen LogP contribution in [0.3, 0.4) is 0 Å². The first-order valence-corrected chi connectivity index (χ1v) is 5.55. The Morgan fingerprint density at radius 1 is 1.44 bits per heavy atom. The first-order valence-electron chi connectivity index (χ1n) is 5.55. The van der Waals surface area contributed by atoms with Crippen LogP contribution in [-0.2, 0) is 9.59 Å². The van der Waals surface area contributed by atoms with Crippen molar-refractivity contribution in [2.45, 2.75) is 33.3 Å². The minimum atomic E-state index is -0.481. The van der Waals surface area contributed by atoms with Crippen LogP contribution in [0.5, 0.6) is 0 Å². The molecule has 92 valence electrons. The van der Waals surface area contributed by atoms with Crippen LogP contribution < -0.4 is 5.32 Å². The van der Waals surface area contributed by atoms with Crippen LogP contribution >= 0.6 is 0 Å². The number of hydrogen-bond acceptors (Lipinski definition) is 3. The van der Waals surface area contributed by atoms with E-state index in [1.807, 2.05) is 0 Å². The van der Waals surface area contributed by atoms with Gasteiger partial charge in [0.15, 0.2) is 0 Å². The molecule has 0 aliphatic carbocycles. The second-order valence-electron chi connectivity index (χ2n) is 5.21. The van der Waals surface area contributed by atoms with E-state index in [1.54, 1.807) is 25.7 Å². The van der Waals surface area contributed by atoms with Crippen molar-refractivity contribution in [3.63, 3.8) is 0 Å². The van der Waals surface area contributed by atoms with E-state index < -0.39 is 11.5 Å². The summed E-state index contributed by atoms with van der Waals surface area (Å²) in [5.41, 5.74) is -0.481. The van der Waals surface area contributed by atoms with Crippen LogP contribution in [0.2, 0.25) is 0 Å². The normalized spacial score (nSPS) is 21.0. The maximum Gasteiger partial charge on any atom is 0.242 e. The average molecular weight is 228 g/mol. The summed E-state index contributed by atoms with van der Waals surface area (Å²) in [4.78, 5) is 24.7. The SMILES string of the molecule is CC(C)(C)C(=O)NCC(=O)N1CC[C@@H](O)C1. The third-order valence-electron chi connectivity index (χ3n) is 2.60. The molecule has 1 atom stereocenters. The quantitative estimate of drug-likeness (QED) is 0.684. The molecule has 1 fully saturated rings. The Balaban J connectivity index is 2.33.